The third kappa shape index (κ3) is 3.22. The predicted molar refractivity (Wildman–Crippen MR) is 89.6 cm³/mol. The monoisotopic (exact) mass is 349 g/mol. The maximum atomic E-state index is 13.1. The van der Waals surface area contributed by atoms with Gasteiger partial charge in [-0.2, -0.15) is 0 Å². The maximum Gasteiger partial charge on any atom is 0.205 e. The molecule has 1 aliphatic heterocycles. The summed E-state index contributed by atoms with van der Waals surface area (Å²) in [6, 6.07) is 12.1. The highest BCUT2D eigenvalue weighted by Crippen LogP contribution is 2.35. The Morgan fingerprint density at radius 1 is 1.12 bits per heavy atom. The molecule has 3 unspecified atom stereocenters. The first kappa shape index (κ1) is 17.1. The van der Waals surface area contributed by atoms with Crippen molar-refractivity contribution in [3.63, 3.8) is 0 Å². The molecular formula is C18H20FNO3S. The molecule has 3 atom stereocenters. The van der Waals surface area contributed by atoms with Gasteiger partial charge in [0, 0.05) is 12.0 Å². The molecule has 0 radical (unpaired) electrons. The number of nitrogens with one attached hydrogen (secondary N) is 1. The number of rotatable bonds is 4. The van der Waals surface area contributed by atoms with Crippen LogP contribution in [0.2, 0.25) is 0 Å². The van der Waals surface area contributed by atoms with Crippen molar-refractivity contribution in [2.45, 2.75) is 29.7 Å². The molecule has 3 rings (SSSR count). The molecule has 6 heteroatoms. The minimum Gasteiger partial charge on any atom is -0.376 e. The van der Waals surface area contributed by atoms with E-state index in [1.807, 2.05) is 6.92 Å². The minimum absolute atomic E-state index is 0.116. The highest BCUT2D eigenvalue weighted by Gasteiger charge is 2.40. The Hall–Kier alpha value is -1.76. The van der Waals surface area contributed by atoms with Gasteiger partial charge in [-0.05, 0) is 49.7 Å². The zero-order valence-electron chi connectivity index (χ0n) is 13.3. The van der Waals surface area contributed by atoms with Crippen LogP contribution in [0.1, 0.15) is 23.6 Å². The Morgan fingerprint density at radius 3 is 2.38 bits per heavy atom. The lowest BCUT2D eigenvalue weighted by molar-refractivity contribution is 0.169. The number of hydrogen-bond donors (Lipinski definition) is 2. The van der Waals surface area contributed by atoms with Gasteiger partial charge < -0.3 is 10.4 Å². The van der Waals surface area contributed by atoms with Gasteiger partial charge in [0.25, 0.3) is 0 Å². The van der Waals surface area contributed by atoms with Gasteiger partial charge in [-0.1, -0.05) is 29.8 Å². The van der Waals surface area contributed by atoms with E-state index in [4.69, 9.17) is 0 Å². The summed E-state index contributed by atoms with van der Waals surface area (Å²) in [5.74, 6) is -0.831. The first-order valence-electron chi connectivity index (χ1n) is 7.87. The van der Waals surface area contributed by atoms with Crippen LogP contribution >= 0.6 is 0 Å². The second kappa shape index (κ2) is 6.63. The van der Waals surface area contributed by atoms with Gasteiger partial charge >= 0.3 is 0 Å². The number of halogens is 1. The topological polar surface area (TPSA) is 66.4 Å². The van der Waals surface area contributed by atoms with Crippen molar-refractivity contribution < 1.29 is 17.9 Å². The Morgan fingerprint density at radius 2 is 1.75 bits per heavy atom. The van der Waals surface area contributed by atoms with Crippen LogP contribution in [0.3, 0.4) is 0 Å². The largest absolute Gasteiger partial charge is 0.376 e. The molecule has 1 heterocycles. The van der Waals surface area contributed by atoms with Gasteiger partial charge in [0.05, 0.1) is 4.90 Å². The second-order valence-corrected chi connectivity index (χ2v) is 8.23. The summed E-state index contributed by atoms with van der Waals surface area (Å²) in [6.07, 6.45) is 0.536. The van der Waals surface area contributed by atoms with Gasteiger partial charge in [0.1, 0.15) is 5.82 Å². The average molecular weight is 349 g/mol. The quantitative estimate of drug-likeness (QED) is 0.890. The van der Waals surface area contributed by atoms with E-state index in [2.05, 4.69) is 5.32 Å². The lowest BCUT2D eigenvalue weighted by Gasteiger charge is -2.25. The van der Waals surface area contributed by atoms with Crippen molar-refractivity contribution in [2.75, 3.05) is 6.54 Å². The Kier molecular flexibility index (Phi) is 4.71. The molecule has 1 saturated heterocycles. The van der Waals surface area contributed by atoms with Gasteiger partial charge in [0.15, 0.2) is 5.44 Å². The van der Waals surface area contributed by atoms with Gasteiger partial charge in [-0.25, -0.2) is 12.8 Å². The highest BCUT2D eigenvalue weighted by atomic mass is 32.2. The SMILES string of the molecule is Cc1ccc(S(=O)(=O)C(O)C2CCNC2c2ccc(F)cc2)cc1. The summed E-state index contributed by atoms with van der Waals surface area (Å²) in [4.78, 5) is 0.116. The molecule has 0 bridgehead atoms. The van der Waals surface area contributed by atoms with Crippen molar-refractivity contribution in [3.05, 3.63) is 65.5 Å². The van der Waals surface area contributed by atoms with E-state index in [-0.39, 0.29) is 16.8 Å². The van der Waals surface area contributed by atoms with E-state index in [1.165, 1.54) is 24.3 Å². The van der Waals surface area contributed by atoms with Crippen LogP contribution in [-0.2, 0) is 9.84 Å². The number of aryl methyl sites for hydroxylation is 1. The minimum atomic E-state index is -3.85. The molecular weight excluding hydrogens is 329 g/mol. The normalized spacial score (nSPS) is 22.5. The average Bonchev–Trinajstić information content (AvgIpc) is 3.04. The molecule has 0 aromatic heterocycles. The van der Waals surface area contributed by atoms with Crippen LogP contribution in [0.4, 0.5) is 4.39 Å². The summed E-state index contributed by atoms with van der Waals surface area (Å²) in [5, 5.41) is 13.8. The Labute approximate surface area is 141 Å². The highest BCUT2D eigenvalue weighted by molar-refractivity contribution is 7.91. The Bertz CT molecular complexity index is 803. The molecule has 2 aromatic rings. The van der Waals surface area contributed by atoms with Gasteiger partial charge in [-0.15, -0.1) is 0 Å². The number of aliphatic hydroxyl groups excluding tert-OH is 1. The second-order valence-electron chi connectivity index (χ2n) is 6.18. The van der Waals surface area contributed by atoms with Gasteiger partial charge in [0.2, 0.25) is 9.84 Å². The van der Waals surface area contributed by atoms with Crippen molar-refractivity contribution in [3.8, 4) is 0 Å². The standard InChI is InChI=1S/C18H20FNO3S/c1-12-2-8-15(9-3-12)24(22,23)18(21)16-10-11-20-17(16)13-4-6-14(19)7-5-13/h2-9,16-18,20-21H,10-11H2,1H3. The summed E-state index contributed by atoms with van der Waals surface area (Å²) < 4.78 is 38.6. The van der Waals surface area contributed by atoms with E-state index >= 15 is 0 Å². The van der Waals surface area contributed by atoms with Crippen LogP contribution in [0, 0.1) is 18.7 Å². The summed E-state index contributed by atoms with van der Waals surface area (Å²) in [5.41, 5.74) is 0.220. The lowest BCUT2D eigenvalue weighted by Crippen LogP contribution is -2.33. The third-order valence-corrected chi connectivity index (χ3v) is 6.45. The van der Waals surface area contributed by atoms with E-state index in [9.17, 15) is 17.9 Å². The Balaban J connectivity index is 1.88. The van der Waals surface area contributed by atoms with Gasteiger partial charge in [-0.3, -0.25) is 0 Å². The summed E-state index contributed by atoms with van der Waals surface area (Å²) in [7, 11) is -3.85. The fourth-order valence-corrected chi connectivity index (χ4v) is 4.71. The van der Waals surface area contributed by atoms with Crippen molar-refractivity contribution in [1.29, 1.82) is 0 Å². The molecule has 2 aromatic carbocycles. The molecule has 24 heavy (non-hydrogen) atoms. The third-order valence-electron chi connectivity index (χ3n) is 4.53. The van der Waals surface area contributed by atoms with E-state index in [0.29, 0.717) is 13.0 Å². The van der Waals surface area contributed by atoms with Crippen LogP contribution in [0.15, 0.2) is 53.4 Å². The molecule has 1 fully saturated rings. The fourth-order valence-electron chi connectivity index (χ4n) is 3.16. The molecule has 128 valence electrons. The first-order chi connectivity index (χ1) is 11.4. The zero-order valence-corrected chi connectivity index (χ0v) is 14.1. The van der Waals surface area contributed by atoms with Crippen LogP contribution < -0.4 is 5.32 Å². The lowest BCUT2D eigenvalue weighted by atomic mass is 9.95. The van der Waals surface area contributed by atoms with E-state index in [1.54, 1.807) is 24.3 Å². The molecule has 0 spiro atoms. The number of benzene rings is 2. The number of sulfone groups is 1. The molecule has 0 amide bonds. The smallest absolute Gasteiger partial charge is 0.205 e. The summed E-state index contributed by atoms with van der Waals surface area (Å²) >= 11 is 0. The molecule has 1 aliphatic rings. The van der Waals surface area contributed by atoms with E-state index in [0.717, 1.165) is 11.1 Å². The van der Waals surface area contributed by atoms with Crippen LogP contribution in [0.5, 0.6) is 0 Å². The number of aliphatic hydroxyl groups is 1. The first-order valence-corrected chi connectivity index (χ1v) is 9.42. The van der Waals surface area contributed by atoms with Crippen LogP contribution in [-0.4, -0.2) is 25.5 Å². The van der Waals surface area contributed by atoms with Crippen molar-refractivity contribution in [2.24, 2.45) is 5.92 Å². The molecule has 4 nitrogen and oxygen atoms in total. The molecule has 2 N–H and O–H groups in total. The summed E-state index contributed by atoms with van der Waals surface area (Å²) in [6.45, 7) is 2.48. The number of hydrogen-bond acceptors (Lipinski definition) is 4. The fraction of sp³-hybridized carbons (Fsp3) is 0.333. The van der Waals surface area contributed by atoms with E-state index < -0.39 is 21.2 Å². The molecule has 0 saturated carbocycles. The molecule has 0 aliphatic carbocycles. The van der Waals surface area contributed by atoms with Crippen molar-refractivity contribution in [1.82, 2.24) is 5.32 Å². The zero-order chi connectivity index (χ0) is 17.3. The van der Waals surface area contributed by atoms with Crippen molar-refractivity contribution >= 4 is 9.84 Å². The maximum absolute atomic E-state index is 13.1. The predicted octanol–water partition coefficient (Wildman–Crippen LogP) is 2.58. The van der Waals surface area contributed by atoms with Crippen LogP contribution in [0.25, 0.3) is 0 Å².